The van der Waals surface area contributed by atoms with E-state index in [1.54, 1.807) is 18.2 Å². The molecular formula is C19H24ClN3O2. The van der Waals surface area contributed by atoms with Crippen LogP contribution in [0.25, 0.3) is 0 Å². The standard InChI is InChI=1S/C19H23N3O2.ClH/c1-13-8-10-16(21-19(24)15-6-4-3-5-7-15)12-17(13)22-18(23)11-9-14(2)20;/h3-8,10,12,14H,9,11,20H2,1-2H3,(H,21,24)(H,22,23);1H. The number of carbonyl (C=O) groups excluding carboxylic acids is 2. The van der Waals surface area contributed by atoms with Crippen LogP contribution in [0.1, 0.15) is 35.7 Å². The lowest BCUT2D eigenvalue weighted by Crippen LogP contribution is -2.20. The zero-order chi connectivity index (χ0) is 17.5. The lowest BCUT2D eigenvalue weighted by molar-refractivity contribution is -0.116. The molecule has 134 valence electrons. The van der Waals surface area contributed by atoms with Crippen molar-refractivity contribution in [3.8, 4) is 0 Å². The number of halogens is 1. The normalized spacial score (nSPS) is 11.2. The molecule has 0 aliphatic heterocycles. The molecule has 2 aromatic rings. The molecule has 0 spiro atoms. The largest absolute Gasteiger partial charge is 0.328 e. The van der Waals surface area contributed by atoms with Gasteiger partial charge >= 0.3 is 0 Å². The highest BCUT2D eigenvalue weighted by molar-refractivity contribution is 6.04. The van der Waals surface area contributed by atoms with Crippen molar-refractivity contribution in [3.63, 3.8) is 0 Å². The molecule has 25 heavy (non-hydrogen) atoms. The van der Waals surface area contributed by atoms with Crippen LogP contribution < -0.4 is 16.4 Å². The van der Waals surface area contributed by atoms with Crippen LogP contribution in [0.15, 0.2) is 48.5 Å². The molecule has 0 saturated carbocycles. The van der Waals surface area contributed by atoms with Gasteiger partial charge < -0.3 is 16.4 Å². The van der Waals surface area contributed by atoms with Gasteiger partial charge in [0.1, 0.15) is 0 Å². The van der Waals surface area contributed by atoms with Crippen molar-refractivity contribution in [1.82, 2.24) is 0 Å². The van der Waals surface area contributed by atoms with Gasteiger partial charge in [0, 0.05) is 29.4 Å². The van der Waals surface area contributed by atoms with Gasteiger partial charge in [0.05, 0.1) is 0 Å². The van der Waals surface area contributed by atoms with Crippen molar-refractivity contribution in [3.05, 3.63) is 59.7 Å². The SMILES string of the molecule is Cc1ccc(NC(=O)c2ccccc2)cc1NC(=O)CCC(C)N.Cl. The number of aryl methyl sites for hydroxylation is 1. The number of nitrogens with one attached hydrogen (secondary N) is 2. The van der Waals surface area contributed by atoms with Crippen molar-refractivity contribution in [2.75, 3.05) is 10.6 Å². The van der Waals surface area contributed by atoms with Crippen molar-refractivity contribution in [2.24, 2.45) is 5.73 Å². The number of carbonyl (C=O) groups is 2. The summed E-state index contributed by atoms with van der Waals surface area (Å²) in [6.45, 7) is 3.78. The van der Waals surface area contributed by atoms with Crippen LogP contribution >= 0.6 is 12.4 Å². The minimum absolute atomic E-state index is 0. The number of anilines is 2. The number of benzene rings is 2. The van der Waals surface area contributed by atoms with Crippen LogP contribution in [0.5, 0.6) is 0 Å². The lowest BCUT2D eigenvalue weighted by Gasteiger charge is -2.12. The second-order valence-corrected chi connectivity index (χ2v) is 5.91. The van der Waals surface area contributed by atoms with E-state index in [-0.39, 0.29) is 30.3 Å². The molecule has 0 fully saturated rings. The van der Waals surface area contributed by atoms with E-state index in [0.717, 1.165) is 5.56 Å². The highest BCUT2D eigenvalue weighted by Gasteiger charge is 2.09. The van der Waals surface area contributed by atoms with Crippen LogP contribution in [0.2, 0.25) is 0 Å². The summed E-state index contributed by atoms with van der Waals surface area (Å²) < 4.78 is 0. The summed E-state index contributed by atoms with van der Waals surface area (Å²) in [5.74, 6) is -0.268. The molecule has 0 aliphatic rings. The van der Waals surface area contributed by atoms with Crippen molar-refractivity contribution in [1.29, 1.82) is 0 Å². The van der Waals surface area contributed by atoms with Gasteiger partial charge in [-0.15, -0.1) is 12.4 Å². The highest BCUT2D eigenvalue weighted by atomic mass is 35.5. The fourth-order valence-corrected chi connectivity index (χ4v) is 2.20. The van der Waals surface area contributed by atoms with Crippen LogP contribution in [-0.2, 0) is 4.79 Å². The molecule has 1 unspecified atom stereocenters. The summed E-state index contributed by atoms with van der Waals surface area (Å²) in [6, 6.07) is 14.4. The van der Waals surface area contributed by atoms with E-state index >= 15 is 0 Å². The minimum Gasteiger partial charge on any atom is -0.328 e. The first-order valence-electron chi connectivity index (χ1n) is 7.98. The van der Waals surface area contributed by atoms with Gasteiger partial charge in [-0.1, -0.05) is 24.3 Å². The summed E-state index contributed by atoms with van der Waals surface area (Å²) in [5, 5.41) is 5.71. The molecule has 0 bridgehead atoms. The Bertz CT molecular complexity index is 718. The van der Waals surface area contributed by atoms with Crippen LogP contribution in [0.3, 0.4) is 0 Å². The zero-order valence-electron chi connectivity index (χ0n) is 14.4. The minimum atomic E-state index is -0.186. The van der Waals surface area contributed by atoms with E-state index in [9.17, 15) is 9.59 Å². The third-order valence-corrected chi connectivity index (χ3v) is 3.63. The molecule has 0 saturated heterocycles. The summed E-state index contributed by atoms with van der Waals surface area (Å²) in [5.41, 5.74) is 8.51. The Hall–Kier alpha value is -2.37. The monoisotopic (exact) mass is 361 g/mol. The van der Waals surface area contributed by atoms with Gasteiger partial charge in [-0.2, -0.15) is 0 Å². The molecule has 1 atom stereocenters. The Morgan fingerprint density at radius 1 is 1.08 bits per heavy atom. The zero-order valence-corrected chi connectivity index (χ0v) is 15.2. The first kappa shape index (κ1) is 20.7. The summed E-state index contributed by atoms with van der Waals surface area (Å²) >= 11 is 0. The Labute approximate surface area is 154 Å². The van der Waals surface area contributed by atoms with E-state index in [0.29, 0.717) is 29.8 Å². The third-order valence-electron chi connectivity index (χ3n) is 3.63. The van der Waals surface area contributed by atoms with E-state index in [1.165, 1.54) is 0 Å². The third kappa shape index (κ3) is 6.57. The Morgan fingerprint density at radius 3 is 2.40 bits per heavy atom. The summed E-state index contributed by atoms with van der Waals surface area (Å²) in [7, 11) is 0. The fourth-order valence-electron chi connectivity index (χ4n) is 2.20. The maximum absolute atomic E-state index is 12.2. The first-order chi connectivity index (χ1) is 11.5. The Morgan fingerprint density at radius 2 is 1.76 bits per heavy atom. The predicted octanol–water partition coefficient (Wildman–Crippen LogP) is 3.74. The van der Waals surface area contributed by atoms with Crippen molar-refractivity contribution < 1.29 is 9.59 Å². The summed E-state index contributed by atoms with van der Waals surface area (Å²) in [4.78, 5) is 24.2. The number of rotatable bonds is 6. The maximum atomic E-state index is 12.2. The topological polar surface area (TPSA) is 84.2 Å². The van der Waals surface area contributed by atoms with Gasteiger partial charge in [0.2, 0.25) is 5.91 Å². The molecule has 0 aromatic heterocycles. The fraction of sp³-hybridized carbons (Fsp3) is 0.263. The second-order valence-electron chi connectivity index (χ2n) is 5.91. The van der Waals surface area contributed by atoms with Gasteiger partial charge in [-0.3, -0.25) is 9.59 Å². The smallest absolute Gasteiger partial charge is 0.255 e. The van der Waals surface area contributed by atoms with Crippen LogP contribution in [0.4, 0.5) is 11.4 Å². The van der Waals surface area contributed by atoms with Gasteiger partial charge in [-0.25, -0.2) is 0 Å². The van der Waals surface area contributed by atoms with E-state index < -0.39 is 0 Å². The number of nitrogens with two attached hydrogens (primary N) is 1. The number of amides is 2. The highest BCUT2D eigenvalue weighted by Crippen LogP contribution is 2.21. The van der Waals surface area contributed by atoms with E-state index in [2.05, 4.69) is 10.6 Å². The maximum Gasteiger partial charge on any atom is 0.255 e. The molecule has 5 nitrogen and oxygen atoms in total. The molecule has 2 rings (SSSR count). The number of hydrogen-bond donors (Lipinski definition) is 3. The lowest BCUT2D eigenvalue weighted by atomic mass is 10.1. The molecule has 0 heterocycles. The second kappa shape index (κ2) is 9.81. The number of hydrogen-bond acceptors (Lipinski definition) is 3. The van der Waals surface area contributed by atoms with Crippen molar-refractivity contribution in [2.45, 2.75) is 32.7 Å². The molecule has 2 amide bonds. The van der Waals surface area contributed by atoms with Crippen LogP contribution in [0, 0.1) is 6.92 Å². The van der Waals surface area contributed by atoms with Gasteiger partial charge in [0.25, 0.3) is 5.91 Å². The molecule has 4 N–H and O–H groups in total. The van der Waals surface area contributed by atoms with E-state index in [1.807, 2.05) is 44.2 Å². The summed E-state index contributed by atoms with van der Waals surface area (Å²) in [6.07, 6.45) is 1.01. The first-order valence-corrected chi connectivity index (χ1v) is 7.98. The average Bonchev–Trinajstić information content (AvgIpc) is 2.57. The van der Waals surface area contributed by atoms with Crippen molar-refractivity contribution >= 4 is 35.6 Å². The molecule has 0 radical (unpaired) electrons. The van der Waals surface area contributed by atoms with Gasteiger partial charge in [0.15, 0.2) is 0 Å². The Kier molecular flexibility index (Phi) is 8.11. The Balaban J connectivity index is 0.00000312. The molecule has 0 aliphatic carbocycles. The predicted molar refractivity (Wildman–Crippen MR) is 104 cm³/mol. The van der Waals surface area contributed by atoms with E-state index in [4.69, 9.17) is 5.73 Å². The van der Waals surface area contributed by atoms with Gasteiger partial charge in [-0.05, 0) is 50.1 Å². The van der Waals surface area contributed by atoms with Crippen LogP contribution in [-0.4, -0.2) is 17.9 Å². The quantitative estimate of drug-likeness (QED) is 0.732. The average molecular weight is 362 g/mol. The molecule has 6 heteroatoms. The molecular weight excluding hydrogens is 338 g/mol. The molecule has 2 aromatic carbocycles.